The van der Waals surface area contributed by atoms with Crippen molar-refractivity contribution in [1.82, 2.24) is 5.01 Å². The van der Waals surface area contributed by atoms with Gasteiger partial charge in [-0.25, -0.2) is 5.01 Å². The largest absolute Gasteiger partial charge is 0.382 e. The van der Waals surface area contributed by atoms with Crippen LogP contribution in [0.2, 0.25) is 0 Å². The standard InChI is InChI=1S/C36H64N6/c1-10-19-28-41(29-20-11-2)42(31-24-22-21-23-25-31)33-30-32(38(15-6)16-7)34(37-14-5)36(39(17-8)18-9)35(33)40(26-12-3)27-13-4/h21-25,30,37H,10-20,26-29H2,1-9H3. The molecule has 0 aliphatic heterocycles. The summed E-state index contributed by atoms with van der Waals surface area (Å²) in [4.78, 5) is 7.81. The van der Waals surface area contributed by atoms with Gasteiger partial charge in [0, 0.05) is 58.9 Å². The molecule has 2 aromatic rings. The number of nitrogens with one attached hydrogen (secondary N) is 1. The van der Waals surface area contributed by atoms with E-state index in [-0.39, 0.29) is 0 Å². The first kappa shape index (κ1) is 35.6. The van der Waals surface area contributed by atoms with Crippen LogP contribution >= 0.6 is 0 Å². The summed E-state index contributed by atoms with van der Waals surface area (Å²) in [5.41, 5.74) is 7.86. The van der Waals surface area contributed by atoms with Gasteiger partial charge in [-0.2, -0.15) is 0 Å². The zero-order valence-electron chi connectivity index (χ0n) is 28.8. The Morgan fingerprint density at radius 1 is 0.548 bits per heavy atom. The Labute approximate surface area is 260 Å². The zero-order chi connectivity index (χ0) is 30.9. The maximum Gasteiger partial charge on any atom is 0.0883 e. The molecule has 2 aromatic carbocycles. The molecule has 0 aliphatic rings. The summed E-state index contributed by atoms with van der Waals surface area (Å²) in [6, 6.07) is 13.6. The molecule has 0 spiro atoms. The third kappa shape index (κ3) is 8.95. The Morgan fingerprint density at radius 2 is 1.10 bits per heavy atom. The van der Waals surface area contributed by atoms with E-state index in [0.29, 0.717) is 0 Å². The van der Waals surface area contributed by atoms with E-state index in [4.69, 9.17) is 0 Å². The van der Waals surface area contributed by atoms with Gasteiger partial charge in [0.25, 0.3) is 0 Å². The van der Waals surface area contributed by atoms with Crippen molar-refractivity contribution < 1.29 is 0 Å². The Hall–Kier alpha value is -2.60. The number of hydrogen-bond donors (Lipinski definition) is 1. The highest BCUT2D eigenvalue weighted by Crippen LogP contribution is 2.51. The molecular weight excluding hydrogens is 516 g/mol. The molecule has 0 amide bonds. The second-order valence-corrected chi connectivity index (χ2v) is 11.2. The number of hydrazine groups is 1. The van der Waals surface area contributed by atoms with E-state index in [0.717, 1.165) is 71.7 Å². The second-order valence-electron chi connectivity index (χ2n) is 11.2. The molecule has 0 aromatic heterocycles. The molecule has 238 valence electrons. The van der Waals surface area contributed by atoms with Crippen molar-refractivity contribution in [3.05, 3.63) is 36.4 Å². The third-order valence-corrected chi connectivity index (χ3v) is 8.13. The molecule has 42 heavy (non-hydrogen) atoms. The first-order valence-corrected chi connectivity index (χ1v) is 17.3. The van der Waals surface area contributed by atoms with Crippen molar-refractivity contribution in [1.29, 1.82) is 0 Å². The van der Waals surface area contributed by atoms with Crippen LogP contribution in [-0.2, 0) is 0 Å². The van der Waals surface area contributed by atoms with Crippen molar-refractivity contribution >= 4 is 34.1 Å². The van der Waals surface area contributed by atoms with Gasteiger partial charge in [0.1, 0.15) is 0 Å². The van der Waals surface area contributed by atoms with Crippen LogP contribution in [0.5, 0.6) is 0 Å². The highest BCUT2D eigenvalue weighted by Gasteiger charge is 2.31. The van der Waals surface area contributed by atoms with Crippen LogP contribution in [-0.4, -0.2) is 63.9 Å². The van der Waals surface area contributed by atoms with E-state index >= 15 is 0 Å². The Balaban J connectivity index is 3.19. The smallest absolute Gasteiger partial charge is 0.0883 e. The lowest BCUT2D eigenvalue weighted by atomic mass is 10.1. The molecule has 0 saturated carbocycles. The first-order chi connectivity index (χ1) is 20.5. The fourth-order valence-corrected chi connectivity index (χ4v) is 6.01. The number of anilines is 6. The molecule has 0 heterocycles. The van der Waals surface area contributed by atoms with Crippen molar-refractivity contribution in [3.8, 4) is 0 Å². The maximum atomic E-state index is 3.88. The first-order valence-electron chi connectivity index (χ1n) is 17.3. The van der Waals surface area contributed by atoms with Crippen molar-refractivity contribution in [3.63, 3.8) is 0 Å². The highest BCUT2D eigenvalue weighted by atomic mass is 15.6. The Bertz CT molecular complexity index is 972. The number of nitrogens with zero attached hydrogens (tertiary/aromatic N) is 5. The fourth-order valence-electron chi connectivity index (χ4n) is 6.01. The molecule has 0 bridgehead atoms. The van der Waals surface area contributed by atoms with Gasteiger partial charge in [-0.3, -0.25) is 5.01 Å². The van der Waals surface area contributed by atoms with Crippen molar-refractivity contribution in [2.24, 2.45) is 0 Å². The van der Waals surface area contributed by atoms with Crippen LogP contribution < -0.4 is 25.0 Å². The summed E-state index contributed by atoms with van der Waals surface area (Å²) < 4.78 is 0. The summed E-state index contributed by atoms with van der Waals surface area (Å²) in [5.74, 6) is 0. The van der Waals surface area contributed by atoms with Crippen LogP contribution in [0, 0.1) is 0 Å². The van der Waals surface area contributed by atoms with Crippen LogP contribution in [0.3, 0.4) is 0 Å². The van der Waals surface area contributed by atoms with Gasteiger partial charge >= 0.3 is 0 Å². The summed E-state index contributed by atoms with van der Waals surface area (Å²) >= 11 is 0. The molecule has 0 fully saturated rings. The van der Waals surface area contributed by atoms with E-state index in [1.54, 1.807) is 0 Å². The van der Waals surface area contributed by atoms with Gasteiger partial charge in [-0.05, 0) is 78.5 Å². The van der Waals surface area contributed by atoms with Crippen LogP contribution in [0.15, 0.2) is 36.4 Å². The van der Waals surface area contributed by atoms with Crippen molar-refractivity contribution in [2.75, 3.05) is 83.9 Å². The number of benzene rings is 2. The molecule has 1 N–H and O–H groups in total. The molecule has 6 heteroatoms. The summed E-state index contributed by atoms with van der Waals surface area (Å²) in [5, 5.41) is 9.12. The number of rotatable bonds is 22. The Morgan fingerprint density at radius 3 is 1.55 bits per heavy atom. The molecule has 6 nitrogen and oxygen atoms in total. The van der Waals surface area contributed by atoms with Gasteiger partial charge in [0.05, 0.1) is 34.1 Å². The monoisotopic (exact) mass is 581 g/mol. The van der Waals surface area contributed by atoms with E-state index in [2.05, 4.69) is 129 Å². The van der Waals surface area contributed by atoms with Crippen LogP contribution in [0.25, 0.3) is 0 Å². The maximum absolute atomic E-state index is 3.88. The van der Waals surface area contributed by atoms with Gasteiger partial charge in [0.2, 0.25) is 0 Å². The van der Waals surface area contributed by atoms with E-state index < -0.39 is 0 Å². The predicted octanol–water partition coefficient (Wildman–Crippen LogP) is 9.39. The minimum absolute atomic E-state index is 0.893. The van der Waals surface area contributed by atoms with E-state index in [1.165, 1.54) is 59.8 Å². The summed E-state index contributed by atoms with van der Waals surface area (Å²) in [7, 11) is 0. The quantitative estimate of drug-likeness (QED) is 0.140. The summed E-state index contributed by atoms with van der Waals surface area (Å²) in [6.07, 6.45) is 6.96. The third-order valence-electron chi connectivity index (χ3n) is 8.13. The van der Waals surface area contributed by atoms with Gasteiger partial charge in [0.15, 0.2) is 0 Å². The molecule has 0 unspecified atom stereocenters. The number of unbranched alkanes of at least 4 members (excludes halogenated alkanes) is 2. The van der Waals surface area contributed by atoms with Crippen molar-refractivity contribution in [2.45, 2.75) is 101 Å². The average Bonchev–Trinajstić information content (AvgIpc) is 3.01. The lowest BCUT2D eigenvalue weighted by Crippen LogP contribution is -2.42. The zero-order valence-corrected chi connectivity index (χ0v) is 28.8. The minimum atomic E-state index is 0.893. The Kier molecular flexibility index (Phi) is 16.6. The number of hydrogen-bond acceptors (Lipinski definition) is 6. The van der Waals surface area contributed by atoms with Gasteiger partial charge in [-0.1, -0.05) is 58.7 Å². The SMILES string of the molecule is CCCCN(CCCC)N(c1ccccc1)c1cc(N(CC)CC)c(NCC)c(N(CC)CC)c1N(CCC)CCC. The number of para-hydroxylation sites is 1. The van der Waals surface area contributed by atoms with Crippen LogP contribution in [0.1, 0.15) is 101 Å². The lowest BCUT2D eigenvalue weighted by molar-refractivity contribution is 0.269. The molecule has 0 aliphatic carbocycles. The molecule has 0 atom stereocenters. The van der Waals surface area contributed by atoms with Gasteiger partial charge in [-0.15, -0.1) is 0 Å². The van der Waals surface area contributed by atoms with E-state index in [1.807, 2.05) is 0 Å². The summed E-state index contributed by atoms with van der Waals surface area (Å²) in [6.45, 7) is 29.6. The molecule has 0 saturated heterocycles. The molecule has 0 radical (unpaired) electrons. The van der Waals surface area contributed by atoms with E-state index in [9.17, 15) is 0 Å². The minimum Gasteiger partial charge on any atom is -0.382 e. The van der Waals surface area contributed by atoms with Gasteiger partial charge < -0.3 is 20.0 Å². The molecule has 2 rings (SSSR count). The van der Waals surface area contributed by atoms with Crippen LogP contribution in [0.4, 0.5) is 34.1 Å². The average molecular weight is 581 g/mol. The normalized spacial score (nSPS) is 11.2. The second kappa shape index (κ2) is 19.6. The topological polar surface area (TPSA) is 28.2 Å². The highest BCUT2D eigenvalue weighted by molar-refractivity contribution is 6.01. The molecular formula is C36H64N6. The predicted molar refractivity (Wildman–Crippen MR) is 190 cm³/mol. The lowest BCUT2D eigenvalue weighted by Gasteiger charge is -2.43. The fraction of sp³-hybridized carbons (Fsp3) is 0.667.